The third-order valence-electron chi connectivity index (χ3n) is 5.70. The van der Waals surface area contributed by atoms with Crippen LogP contribution in [0.4, 0.5) is 5.95 Å². The maximum absolute atomic E-state index is 6.18. The first-order valence-electron chi connectivity index (χ1n) is 10.2. The van der Waals surface area contributed by atoms with Crippen LogP contribution in [0.1, 0.15) is 33.0 Å². The fraction of sp³-hybridized carbons (Fsp3) is 0.208. The van der Waals surface area contributed by atoms with E-state index in [1.54, 1.807) is 18.4 Å². The zero-order valence-electron chi connectivity index (χ0n) is 18.3. The lowest BCUT2D eigenvalue weighted by Gasteiger charge is -2.19. The Morgan fingerprint density at radius 3 is 2.50 bits per heavy atom. The minimum Gasteiger partial charge on any atom is -0.496 e. The molecule has 0 N–H and O–H groups in total. The largest absolute Gasteiger partial charge is 0.496 e. The Morgan fingerprint density at radius 1 is 1.00 bits per heavy atom. The van der Waals surface area contributed by atoms with E-state index in [9.17, 15) is 0 Å². The summed E-state index contributed by atoms with van der Waals surface area (Å²) in [6, 6.07) is 15.8. The van der Waals surface area contributed by atoms with Gasteiger partial charge in [0.1, 0.15) is 22.3 Å². The van der Waals surface area contributed by atoms with Crippen molar-refractivity contribution in [3.63, 3.8) is 0 Å². The molecule has 3 heterocycles. The predicted molar refractivity (Wildman–Crippen MR) is 130 cm³/mol. The average Bonchev–Trinajstić information content (AvgIpc) is 3.27. The summed E-state index contributed by atoms with van der Waals surface area (Å²) >= 11 is 7.91. The van der Waals surface area contributed by atoms with E-state index < -0.39 is 0 Å². The Bertz CT molecular complexity index is 1340. The number of nitrogens with zero attached hydrogens (tertiary/aromatic N) is 5. The van der Waals surface area contributed by atoms with Crippen LogP contribution in [0.15, 0.2) is 53.6 Å². The molecule has 0 fully saturated rings. The van der Waals surface area contributed by atoms with Crippen LogP contribution < -0.4 is 9.75 Å². The second-order valence-corrected chi connectivity index (χ2v) is 9.31. The van der Waals surface area contributed by atoms with Gasteiger partial charge in [0.2, 0.25) is 0 Å². The molecule has 8 heteroatoms. The van der Waals surface area contributed by atoms with Crippen LogP contribution in [0.3, 0.4) is 0 Å². The van der Waals surface area contributed by atoms with Gasteiger partial charge in [0, 0.05) is 26.6 Å². The molecule has 0 bridgehead atoms. The van der Waals surface area contributed by atoms with Crippen LogP contribution in [0, 0.1) is 20.8 Å². The van der Waals surface area contributed by atoms with E-state index in [0.29, 0.717) is 17.5 Å². The number of aromatic nitrogens is 3. The highest BCUT2D eigenvalue weighted by molar-refractivity contribution is 7.15. The molecule has 0 atom stereocenters. The molecule has 2 aromatic heterocycles. The number of ether oxygens (including phenoxy) is 1. The number of hydrogen-bond acceptors (Lipinski definition) is 6. The van der Waals surface area contributed by atoms with E-state index in [2.05, 4.69) is 28.6 Å². The van der Waals surface area contributed by atoms with Crippen LogP contribution in [0.25, 0.3) is 5.00 Å². The first kappa shape index (κ1) is 20.7. The molecule has 0 saturated heterocycles. The first-order chi connectivity index (χ1) is 15.5. The van der Waals surface area contributed by atoms with Crippen LogP contribution >= 0.6 is 22.9 Å². The number of fused-ring (bicyclic) bond motifs is 3. The van der Waals surface area contributed by atoms with Gasteiger partial charge in [-0.1, -0.05) is 41.9 Å². The number of para-hydroxylation sites is 1. The van der Waals surface area contributed by atoms with Gasteiger partial charge in [0.25, 0.3) is 5.95 Å². The molecule has 6 nitrogen and oxygen atoms in total. The molecule has 5 rings (SSSR count). The molecule has 1 aliphatic rings. The average molecular weight is 464 g/mol. The fourth-order valence-corrected chi connectivity index (χ4v) is 5.26. The minimum atomic E-state index is 0.492. The molecule has 0 amide bonds. The number of anilines is 1. The van der Waals surface area contributed by atoms with Crippen molar-refractivity contribution in [2.75, 3.05) is 12.1 Å². The zero-order chi connectivity index (χ0) is 22.4. The highest BCUT2D eigenvalue weighted by atomic mass is 35.5. The fourth-order valence-electron chi connectivity index (χ4n) is 3.93. The first-order valence-corrected chi connectivity index (χ1v) is 11.4. The second-order valence-electron chi connectivity index (χ2n) is 7.67. The highest BCUT2D eigenvalue weighted by Gasteiger charge is 2.30. The van der Waals surface area contributed by atoms with Crippen LogP contribution in [0.5, 0.6) is 5.75 Å². The molecule has 0 saturated carbocycles. The van der Waals surface area contributed by atoms with Crippen LogP contribution in [-0.4, -0.2) is 27.6 Å². The third-order valence-corrected chi connectivity index (χ3v) is 7.14. The lowest BCUT2D eigenvalue weighted by molar-refractivity contribution is 0.409. The number of hydrogen-bond donors (Lipinski definition) is 0. The van der Waals surface area contributed by atoms with E-state index in [1.165, 1.54) is 10.4 Å². The quantitative estimate of drug-likeness (QED) is 0.390. The highest BCUT2D eigenvalue weighted by Crippen LogP contribution is 2.39. The number of rotatable bonds is 4. The normalized spacial score (nSPS) is 12.8. The number of aryl methyl sites for hydroxylation is 2. The smallest absolute Gasteiger partial charge is 0.253 e. The molecule has 2 aromatic carbocycles. The van der Waals surface area contributed by atoms with E-state index in [1.807, 2.05) is 60.5 Å². The van der Waals surface area contributed by atoms with Gasteiger partial charge in [0.05, 0.1) is 13.7 Å². The van der Waals surface area contributed by atoms with Gasteiger partial charge in [-0.05, 0) is 44.5 Å². The van der Waals surface area contributed by atoms with Crippen molar-refractivity contribution in [1.82, 2.24) is 14.8 Å². The summed E-state index contributed by atoms with van der Waals surface area (Å²) in [6.45, 7) is 6.75. The number of methoxy groups -OCH3 is 1. The molecule has 162 valence electrons. The van der Waals surface area contributed by atoms with Crippen molar-refractivity contribution in [1.29, 1.82) is 0 Å². The maximum Gasteiger partial charge on any atom is 0.253 e. The van der Waals surface area contributed by atoms with Gasteiger partial charge in [-0.25, -0.2) is 5.01 Å². The Labute approximate surface area is 195 Å². The molecule has 32 heavy (non-hydrogen) atoms. The van der Waals surface area contributed by atoms with Crippen LogP contribution in [0.2, 0.25) is 5.02 Å². The number of hydrazone groups is 1. The molecule has 4 aromatic rings. The monoisotopic (exact) mass is 463 g/mol. The number of benzene rings is 2. The summed E-state index contributed by atoms with van der Waals surface area (Å²) in [7, 11) is 1.68. The summed E-state index contributed by atoms with van der Waals surface area (Å²) in [4.78, 5) is 1.24. The van der Waals surface area contributed by atoms with Crippen molar-refractivity contribution < 1.29 is 4.74 Å². The van der Waals surface area contributed by atoms with E-state index in [-0.39, 0.29) is 0 Å². The lowest BCUT2D eigenvalue weighted by Crippen LogP contribution is -2.21. The van der Waals surface area contributed by atoms with Crippen molar-refractivity contribution in [3.8, 4) is 10.8 Å². The summed E-state index contributed by atoms with van der Waals surface area (Å²) in [5.74, 6) is 2.31. The lowest BCUT2D eigenvalue weighted by atomic mass is 10.00. The van der Waals surface area contributed by atoms with Gasteiger partial charge in [-0.3, -0.25) is 4.57 Å². The van der Waals surface area contributed by atoms with Crippen molar-refractivity contribution in [3.05, 3.63) is 86.5 Å². The van der Waals surface area contributed by atoms with Gasteiger partial charge in [-0.15, -0.1) is 21.5 Å². The van der Waals surface area contributed by atoms with E-state index >= 15 is 0 Å². The topological polar surface area (TPSA) is 55.5 Å². The van der Waals surface area contributed by atoms with Crippen molar-refractivity contribution in [2.24, 2.45) is 5.10 Å². The third kappa shape index (κ3) is 3.38. The molecule has 1 aliphatic heterocycles. The summed E-state index contributed by atoms with van der Waals surface area (Å²) in [5.41, 5.74) is 5.20. The van der Waals surface area contributed by atoms with Gasteiger partial charge < -0.3 is 4.74 Å². The van der Waals surface area contributed by atoms with Gasteiger partial charge in [-0.2, -0.15) is 5.10 Å². The van der Waals surface area contributed by atoms with E-state index in [4.69, 9.17) is 21.4 Å². The molecular formula is C24H22ClN5OS. The Balaban J connectivity index is 1.76. The Kier molecular flexibility index (Phi) is 5.23. The van der Waals surface area contributed by atoms with Crippen LogP contribution in [-0.2, 0) is 6.54 Å². The molecule has 0 radical (unpaired) electrons. The maximum atomic E-state index is 6.18. The van der Waals surface area contributed by atoms with Crippen molar-refractivity contribution >= 4 is 34.6 Å². The second kappa shape index (κ2) is 8.07. The SMILES string of the molecule is COc1ccccc1CN1N=C(c2ccc(Cl)cc2)c2c(sc(C)c2C)-n2c(C)nnc21. The summed E-state index contributed by atoms with van der Waals surface area (Å²) in [5, 5.41) is 17.7. The van der Waals surface area contributed by atoms with Gasteiger partial charge in [0.15, 0.2) is 0 Å². The summed E-state index contributed by atoms with van der Waals surface area (Å²) < 4.78 is 7.69. The van der Waals surface area contributed by atoms with E-state index in [0.717, 1.165) is 39.0 Å². The molecular weight excluding hydrogens is 442 g/mol. The minimum absolute atomic E-state index is 0.492. The Hall–Kier alpha value is -3.16. The van der Waals surface area contributed by atoms with Crippen molar-refractivity contribution in [2.45, 2.75) is 27.3 Å². The summed E-state index contributed by atoms with van der Waals surface area (Å²) in [6.07, 6.45) is 0. The predicted octanol–water partition coefficient (Wildman–Crippen LogP) is 5.69. The molecule has 0 spiro atoms. The molecule has 0 unspecified atom stereocenters. The zero-order valence-corrected chi connectivity index (χ0v) is 19.8. The van der Waals surface area contributed by atoms with Gasteiger partial charge >= 0.3 is 0 Å². The number of halogens is 1. The molecule has 0 aliphatic carbocycles. The Morgan fingerprint density at radius 2 is 1.75 bits per heavy atom. The standard InChI is InChI=1S/C24H22ClN5OS/c1-14-15(2)32-23-21(14)22(17-9-11-19(25)12-10-17)28-29(24-27-26-16(3)30(23)24)13-18-7-5-6-8-20(18)31-4/h5-12H,13H2,1-4H3. The number of thiophene rings is 1.